The number of amides is 1. The number of benzene rings is 2. The third kappa shape index (κ3) is 3.39. The third-order valence-corrected chi connectivity index (χ3v) is 4.17. The van der Waals surface area contributed by atoms with Gasteiger partial charge < -0.3 is 5.32 Å². The number of nitrogens with zero attached hydrogens (tertiary/aromatic N) is 2. The van der Waals surface area contributed by atoms with Gasteiger partial charge >= 0.3 is 0 Å². The summed E-state index contributed by atoms with van der Waals surface area (Å²) in [6.07, 6.45) is 0.851. The molecule has 4 nitrogen and oxygen atoms in total. The zero-order chi connectivity index (χ0) is 17.1. The van der Waals surface area contributed by atoms with E-state index in [4.69, 9.17) is 11.6 Å². The Balaban J connectivity index is 2.13. The highest BCUT2D eigenvalue weighted by molar-refractivity contribution is 6.30. The molecule has 3 rings (SSSR count). The van der Waals surface area contributed by atoms with E-state index in [0.29, 0.717) is 5.02 Å². The lowest BCUT2D eigenvalue weighted by Gasteiger charge is -2.12. The second kappa shape index (κ2) is 6.97. The van der Waals surface area contributed by atoms with Crippen LogP contribution in [0.2, 0.25) is 5.02 Å². The second-order valence-corrected chi connectivity index (χ2v) is 6.14. The molecule has 3 aromatic rings. The van der Waals surface area contributed by atoms with Gasteiger partial charge in [-0.1, -0.05) is 48.9 Å². The molecular formula is C19H18ClN3O. The minimum atomic E-state index is -0.259. The van der Waals surface area contributed by atoms with Crippen molar-refractivity contribution >= 4 is 28.4 Å². The van der Waals surface area contributed by atoms with E-state index in [1.165, 1.54) is 0 Å². The van der Waals surface area contributed by atoms with Crippen LogP contribution in [0.3, 0.4) is 0 Å². The zero-order valence-corrected chi connectivity index (χ0v) is 14.3. The van der Waals surface area contributed by atoms with E-state index in [1.807, 2.05) is 62.4 Å². The molecule has 1 atom stereocenters. The Hall–Kier alpha value is -2.46. The standard InChI is InChI=1S/C19H18ClN3O/c1-3-12(2)21-19(24)18-22-16-7-5-4-6-15(16)17(23-18)13-8-10-14(20)11-9-13/h4-12H,3H2,1-2H3,(H,21,24). The first-order valence-corrected chi connectivity index (χ1v) is 8.30. The molecule has 1 heterocycles. The maximum atomic E-state index is 12.4. The van der Waals surface area contributed by atoms with Crippen LogP contribution in [-0.4, -0.2) is 21.9 Å². The van der Waals surface area contributed by atoms with Gasteiger partial charge in [0.15, 0.2) is 0 Å². The lowest BCUT2D eigenvalue weighted by atomic mass is 10.1. The average molecular weight is 340 g/mol. The molecule has 0 saturated carbocycles. The molecule has 0 spiro atoms. The predicted molar refractivity (Wildman–Crippen MR) is 97.2 cm³/mol. The van der Waals surface area contributed by atoms with Crippen molar-refractivity contribution in [2.24, 2.45) is 0 Å². The lowest BCUT2D eigenvalue weighted by molar-refractivity contribution is 0.0929. The normalized spacial score (nSPS) is 12.1. The number of nitrogens with one attached hydrogen (secondary N) is 1. The van der Waals surface area contributed by atoms with E-state index in [0.717, 1.165) is 28.6 Å². The molecule has 2 aromatic carbocycles. The van der Waals surface area contributed by atoms with Gasteiger partial charge in [0.2, 0.25) is 5.82 Å². The Labute approximate surface area is 145 Å². The maximum Gasteiger partial charge on any atom is 0.289 e. The van der Waals surface area contributed by atoms with E-state index < -0.39 is 0 Å². The van der Waals surface area contributed by atoms with Crippen LogP contribution in [0.5, 0.6) is 0 Å². The van der Waals surface area contributed by atoms with Crippen LogP contribution in [0.1, 0.15) is 30.9 Å². The number of hydrogen-bond donors (Lipinski definition) is 1. The fraction of sp³-hybridized carbons (Fsp3) is 0.211. The van der Waals surface area contributed by atoms with Crippen LogP contribution < -0.4 is 5.32 Å². The van der Waals surface area contributed by atoms with Crippen molar-refractivity contribution in [3.05, 3.63) is 59.4 Å². The molecular weight excluding hydrogens is 322 g/mol. The maximum absolute atomic E-state index is 12.4. The summed E-state index contributed by atoms with van der Waals surface area (Å²) in [6, 6.07) is 15.2. The molecule has 1 unspecified atom stereocenters. The number of carbonyl (C=O) groups is 1. The summed E-state index contributed by atoms with van der Waals surface area (Å²) < 4.78 is 0. The van der Waals surface area contributed by atoms with Gasteiger partial charge in [0.1, 0.15) is 0 Å². The molecule has 0 aliphatic carbocycles. The van der Waals surface area contributed by atoms with Crippen molar-refractivity contribution in [3.63, 3.8) is 0 Å². The summed E-state index contributed by atoms with van der Waals surface area (Å²) in [6.45, 7) is 3.98. The Morgan fingerprint density at radius 2 is 1.83 bits per heavy atom. The number of carbonyl (C=O) groups excluding carboxylic acids is 1. The fourth-order valence-electron chi connectivity index (χ4n) is 2.40. The quantitative estimate of drug-likeness (QED) is 0.762. The van der Waals surface area contributed by atoms with Crippen LogP contribution >= 0.6 is 11.6 Å². The Kier molecular flexibility index (Phi) is 4.76. The van der Waals surface area contributed by atoms with Gasteiger partial charge in [-0.3, -0.25) is 4.79 Å². The van der Waals surface area contributed by atoms with Crippen LogP contribution in [0, 0.1) is 0 Å². The van der Waals surface area contributed by atoms with Gasteiger partial charge in [-0.25, -0.2) is 9.97 Å². The summed E-state index contributed by atoms with van der Waals surface area (Å²) in [4.78, 5) is 21.4. The van der Waals surface area contributed by atoms with Crippen LogP contribution in [0.4, 0.5) is 0 Å². The minimum absolute atomic E-state index is 0.0755. The largest absolute Gasteiger partial charge is 0.347 e. The molecule has 122 valence electrons. The smallest absolute Gasteiger partial charge is 0.289 e. The summed E-state index contributed by atoms with van der Waals surface area (Å²) in [5.74, 6) is -0.0794. The predicted octanol–water partition coefficient (Wildman–Crippen LogP) is 4.48. The van der Waals surface area contributed by atoms with Crippen molar-refractivity contribution in [1.82, 2.24) is 15.3 Å². The van der Waals surface area contributed by atoms with Gasteiger partial charge in [-0.05, 0) is 31.5 Å². The molecule has 24 heavy (non-hydrogen) atoms. The van der Waals surface area contributed by atoms with E-state index in [2.05, 4.69) is 15.3 Å². The van der Waals surface area contributed by atoms with Crippen molar-refractivity contribution < 1.29 is 4.79 Å². The van der Waals surface area contributed by atoms with E-state index in [9.17, 15) is 4.79 Å². The average Bonchev–Trinajstić information content (AvgIpc) is 2.61. The molecule has 0 saturated heterocycles. The van der Waals surface area contributed by atoms with Crippen molar-refractivity contribution in [2.75, 3.05) is 0 Å². The van der Waals surface area contributed by atoms with Gasteiger partial charge in [0.25, 0.3) is 5.91 Å². The monoisotopic (exact) mass is 339 g/mol. The minimum Gasteiger partial charge on any atom is -0.347 e. The van der Waals surface area contributed by atoms with E-state index in [-0.39, 0.29) is 17.8 Å². The number of para-hydroxylation sites is 1. The van der Waals surface area contributed by atoms with Gasteiger partial charge in [0, 0.05) is 22.0 Å². The van der Waals surface area contributed by atoms with E-state index >= 15 is 0 Å². The highest BCUT2D eigenvalue weighted by atomic mass is 35.5. The third-order valence-electron chi connectivity index (χ3n) is 3.91. The Morgan fingerprint density at radius 3 is 2.54 bits per heavy atom. The second-order valence-electron chi connectivity index (χ2n) is 5.70. The van der Waals surface area contributed by atoms with Crippen molar-refractivity contribution in [2.45, 2.75) is 26.3 Å². The molecule has 1 aromatic heterocycles. The lowest BCUT2D eigenvalue weighted by Crippen LogP contribution is -2.33. The first kappa shape index (κ1) is 16.4. The highest BCUT2D eigenvalue weighted by Crippen LogP contribution is 2.27. The summed E-state index contributed by atoms with van der Waals surface area (Å²) in [5.41, 5.74) is 2.37. The summed E-state index contributed by atoms with van der Waals surface area (Å²) >= 11 is 5.98. The van der Waals surface area contributed by atoms with Gasteiger partial charge in [-0.15, -0.1) is 0 Å². The van der Waals surface area contributed by atoms with Crippen LogP contribution in [0.15, 0.2) is 48.5 Å². The molecule has 0 radical (unpaired) electrons. The first-order valence-electron chi connectivity index (χ1n) is 7.92. The SMILES string of the molecule is CCC(C)NC(=O)c1nc(-c2ccc(Cl)cc2)c2ccccc2n1. The summed E-state index contributed by atoms with van der Waals surface area (Å²) in [5, 5.41) is 4.48. The molecule has 5 heteroatoms. The fourth-order valence-corrected chi connectivity index (χ4v) is 2.52. The molecule has 1 amide bonds. The summed E-state index contributed by atoms with van der Waals surface area (Å²) in [7, 11) is 0. The van der Waals surface area contributed by atoms with Crippen LogP contribution in [0.25, 0.3) is 22.2 Å². The first-order chi connectivity index (χ1) is 11.6. The van der Waals surface area contributed by atoms with Gasteiger partial charge in [0.05, 0.1) is 11.2 Å². The number of hydrogen-bond acceptors (Lipinski definition) is 3. The molecule has 0 fully saturated rings. The number of fused-ring (bicyclic) bond motifs is 1. The number of aromatic nitrogens is 2. The molecule has 1 N–H and O–H groups in total. The number of rotatable bonds is 4. The zero-order valence-electron chi connectivity index (χ0n) is 13.6. The van der Waals surface area contributed by atoms with Crippen LogP contribution in [-0.2, 0) is 0 Å². The Morgan fingerprint density at radius 1 is 1.12 bits per heavy atom. The van der Waals surface area contributed by atoms with Crippen molar-refractivity contribution in [3.8, 4) is 11.3 Å². The number of halogens is 1. The van der Waals surface area contributed by atoms with E-state index in [1.54, 1.807) is 0 Å². The Bertz CT molecular complexity index is 877. The highest BCUT2D eigenvalue weighted by Gasteiger charge is 2.16. The van der Waals surface area contributed by atoms with Crippen molar-refractivity contribution in [1.29, 1.82) is 0 Å². The molecule has 0 aliphatic heterocycles. The van der Waals surface area contributed by atoms with Gasteiger partial charge in [-0.2, -0.15) is 0 Å². The molecule has 0 bridgehead atoms. The molecule has 0 aliphatic rings. The topological polar surface area (TPSA) is 54.9 Å².